The van der Waals surface area contributed by atoms with Crippen molar-refractivity contribution in [1.82, 2.24) is 14.9 Å². The van der Waals surface area contributed by atoms with Crippen molar-refractivity contribution in [1.29, 1.82) is 0 Å². The van der Waals surface area contributed by atoms with Crippen LogP contribution in [0.1, 0.15) is 37.7 Å². The molecule has 1 aliphatic heterocycles. The van der Waals surface area contributed by atoms with Crippen LogP contribution in [0, 0.1) is 5.92 Å². The highest BCUT2D eigenvalue weighted by molar-refractivity contribution is 5.30. The number of likely N-dealkylation sites (tertiary alicyclic amines) is 1. The summed E-state index contributed by atoms with van der Waals surface area (Å²) < 4.78 is 5.69. The number of aromatic nitrogens is 2. The van der Waals surface area contributed by atoms with Gasteiger partial charge in [-0.15, -0.1) is 0 Å². The molecule has 0 amide bonds. The number of aliphatic hydroxyl groups is 1. The zero-order chi connectivity index (χ0) is 17.1. The number of benzene rings is 1. The number of nitrogens with zero attached hydrogens (tertiary/aromatic N) is 3. The van der Waals surface area contributed by atoms with Crippen LogP contribution in [0.3, 0.4) is 0 Å². The minimum absolute atomic E-state index is 0.400. The van der Waals surface area contributed by atoms with Crippen LogP contribution in [-0.4, -0.2) is 38.7 Å². The number of fused-ring (bicyclic) bond motifs is 1. The fraction of sp³-hybridized carbons (Fsp3) is 0.500. The van der Waals surface area contributed by atoms with E-state index in [0.29, 0.717) is 11.8 Å². The quantitative estimate of drug-likeness (QED) is 0.925. The topological polar surface area (TPSA) is 58.5 Å². The molecule has 5 nitrogen and oxygen atoms in total. The molecule has 1 saturated carbocycles. The second-order valence-electron chi connectivity index (χ2n) is 7.32. The van der Waals surface area contributed by atoms with Gasteiger partial charge in [0, 0.05) is 37.9 Å². The molecule has 2 fully saturated rings. The summed E-state index contributed by atoms with van der Waals surface area (Å²) in [7, 11) is 0. The molecule has 1 aliphatic carbocycles. The number of rotatable bonds is 4. The molecule has 0 spiro atoms. The molecule has 4 rings (SSSR count). The van der Waals surface area contributed by atoms with Crippen LogP contribution in [0.15, 0.2) is 42.9 Å². The standard InChI is InChI=1S/C20H25N3O2/c24-20-8-2-1-3-17(20)15-23(12-9-20)14-16-4-6-18(7-5-16)25-19-13-21-10-11-22-19/h4-7,10-11,13,17,24H,1-3,8-9,12,14-15H2. The smallest absolute Gasteiger partial charge is 0.237 e. The Labute approximate surface area is 148 Å². The van der Waals surface area contributed by atoms with Gasteiger partial charge in [0.25, 0.3) is 0 Å². The molecular weight excluding hydrogens is 314 g/mol. The van der Waals surface area contributed by atoms with E-state index in [9.17, 15) is 5.11 Å². The van der Waals surface area contributed by atoms with E-state index in [1.807, 2.05) is 12.1 Å². The maximum atomic E-state index is 10.8. The molecule has 132 valence electrons. The van der Waals surface area contributed by atoms with E-state index < -0.39 is 5.60 Å². The Morgan fingerprint density at radius 1 is 1.16 bits per heavy atom. The zero-order valence-corrected chi connectivity index (χ0v) is 14.5. The van der Waals surface area contributed by atoms with E-state index in [1.54, 1.807) is 18.6 Å². The Hall–Kier alpha value is -1.98. The number of piperidine rings is 1. The van der Waals surface area contributed by atoms with Crippen molar-refractivity contribution in [2.75, 3.05) is 13.1 Å². The van der Waals surface area contributed by atoms with E-state index in [4.69, 9.17) is 4.74 Å². The minimum atomic E-state index is -0.400. The maximum absolute atomic E-state index is 10.8. The molecule has 2 aliphatic rings. The molecule has 25 heavy (non-hydrogen) atoms. The van der Waals surface area contributed by atoms with Crippen LogP contribution in [0.4, 0.5) is 0 Å². The summed E-state index contributed by atoms with van der Waals surface area (Å²) in [5, 5.41) is 10.8. The fourth-order valence-electron chi connectivity index (χ4n) is 4.16. The minimum Gasteiger partial charge on any atom is -0.438 e. The zero-order valence-electron chi connectivity index (χ0n) is 14.5. The van der Waals surface area contributed by atoms with Crippen LogP contribution >= 0.6 is 0 Å². The number of ether oxygens (including phenoxy) is 1. The van der Waals surface area contributed by atoms with Crippen LogP contribution in [0.2, 0.25) is 0 Å². The lowest BCUT2D eigenvalue weighted by Gasteiger charge is -2.47. The van der Waals surface area contributed by atoms with Crippen LogP contribution in [0.5, 0.6) is 11.6 Å². The molecule has 1 N–H and O–H groups in total. The third kappa shape index (κ3) is 3.83. The summed E-state index contributed by atoms with van der Waals surface area (Å²) in [6.45, 7) is 2.91. The lowest BCUT2D eigenvalue weighted by Crippen LogP contribution is -2.52. The second-order valence-corrected chi connectivity index (χ2v) is 7.32. The van der Waals surface area contributed by atoms with Crippen LogP contribution < -0.4 is 4.74 Å². The van der Waals surface area contributed by atoms with E-state index in [2.05, 4.69) is 27.0 Å². The Bertz CT molecular complexity index is 692. The highest BCUT2D eigenvalue weighted by atomic mass is 16.5. The third-order valence-electron chi connectivity index (χ3n) is 5.60. The first-order valence-electron chi connectivity index (χ1n) is 9.19. The fourth-order valence-corrected chi connectivity index (χ4v) is 4.16. The first kappa shape index (κ1) is 16.5. The monoisotopic (exact) mass is 339 g/mol. The lowest BCUT2D eigenvalue weighted by molar-refractivity contribution is -0.0967. The largest absolute Gasteiger partial charge is 0.438 e. The average Bonchev–Trinajstić information content (AvgIpc) is 2.64. The van der Waals surface area contributed by atoms with Crippen molar-refractivity contribution in [3.63, 3.8) is 0 Å². The van der Waals surface area contributed by atoms with Gasteiger partial charge in [-0.05, 0) is 37.0 Å². The van der Waals surface area contributed by atoms with Gasteiger partial charge >= 0.3 is 0 Å². The maximum Gasteiger partial charge on any atom is 0.237 e. The Balaban J connectivity index is 1.35. The summed E-state index contributed by atoms with van der Waals surface area (Å²) in [5.41, 5.74) is 0.871. The molecule has 2 aromatic rings. The third-order valence-corrected chi connectivity index (χ3v) is 5.60. The first-order valence-corrected chi connectivity index (χ1v) is 9.19. The lowest BCUT2D eigenvalue weighted by atomic mass is 9.71. The van der Waals surface area contributed by atoms with Crippen LogP contribution in [0.25, 0.3) is 0 Å². The number of hydrogen-bond acceptors (Lipinski definition) is 5. The van der Waals surface area contributed by atoms with Gasteiger partial charge in [0.05, 0.1) is 11.8 Å². The Morgan fingerprint density at radius 2 is 2.04 bits per heavy atom. The van der Waals surface area contributed by atoms with Crippen molar-refractivity contribution in [2.24, 2.45) is 5.92 Å². The normalized spacial score (nSPS) is 26.8. The Morgan fingerprint density at radius 3 is 2.84 bits per heavy atom. The van der Waals surface area contributed by atoms with Gasteiger partial charge in [0.1, 0.15) is 5.75 Å². The van der Waals surface area contributed by atoms with Crippen molar-refractivity contribution in [3.8, 4) is 11.6 Å². The van der Waals surface area contributed by atoms with Crippen molar-refractivity contribution in [2.45, 2.75) is 44.2 Å². The van der Waals surface area contributed by atoms with E-state index in [0.717, 1.165) is 44.6 Å². The molecule has 2 atom stereocenters. The molecular formula is C20H25N3O2. The highest BCUT2D eigenvalue weighted by Crippen LogP contribution is 2.40. The number of hydrogen-bond donors (Lipinski definition) is 1. The molecule has 5 heteroatoms. The average molecular weight is 339 g/mol. The van der Waals surface area contributed by atoms with Gasteiger partial charge in [-0.1, -0.05) is 25.0 Å². The summed E-state index contributed by atoms with van der Waals surface area (Å²) in [6.07, 6.45) is 10.3. The Kier molecular flexibility index (Phi) is 4.68. The summed E-state index contributed by atoms with van der Waals surface area (Å²) in [4.78, 5) is 10.6. The van der Waals surface area contributed by atoms with Gasteiger partial charge in [0.15, 0.2) is 0 Å². The molecule has 1 saturated heterocycles. The molecule has 1 aromatic carbocycles. The first-order chi connectivity index (χ1) is 12.2. The summed E-state index contributed by atoms with van der Waals surface area (Å²) >= 11 is 0. The molecule has 0 radical (unpaired) electrons. The van der Waals surface area contributed by atoms with Crippen molar-refractivity contribution in [3.05, 3.63) is 48.4 Å². The van der Waals surface area contributed by atoms with E-state index in [-0.39, 0.29) is 0 Å². The predicted molar refractivity (Wildman–Crippen MR) is 95.3 cm³/mol. The van der Waals surface area contributed by atoms with E-state index in [1.165, 1.54) is 18.4 Å². The summed E-state index contributed by atoms with van der Waals surface area (Å²) in [5.74, 6) is 1.71. The molecule has 2 heterocycles. The van der Waals surface area contributed by atoms with Gasteiger partial charge in [-0.25, -0.2) is 4.98 Å². The van der Waals surface area contributed by atoms with Gasteiger partial charge in [-0.2, -0.15) is 0 Å². The SMILES string of the molecule is OC12CCCCC1CN(Cc1ccc(Oc3cnccn3)cc1)CC2. The van der Waals surface area contributed by atoms with Crippen molar-refractivity contribution < 1.29 is 9.84 Å². The summed E-state index contributed by atoms with van der Waals surface area (Å²) in [6, 6.07) is 8.16. The predicted octanol–water partition coefficient (Wildman–Crippen LogP) is 3.40. The van der Waals surface area contributed by atoms with E-state index >= 15 is 0 Å². The van der Waals surface area contributed by atoms with Gasteiger partial charge < -0.3 is 9.84 Å². The van der Waals surface area contributed by atoms with Gasteiger partial charge in [-0.3, -0.25) is 9.88 Å². The molecule has 1 aromatic heterocycles. The molecule has 2 unspecified atom stereocenters. The van der Waals surface area contributed by atoms with Crippen LogP contribution in [-0.2, 0) is 6.54 Å². The highest BCUT2D eigenvalue weighted by Gasteiger charge is 2.42. The van der Waals surface area contributed by atoms with Gasteiger partial charge in [0.2, 0.25) is 5.88 Å². The second kappa shape index (κ2) is 7.10. The van der Waals surface area contributed by atoms with Crippen molar-refractivity contribution >= 4 is 0 Å². The molecule has 0 bridgehead atoms.